The van der Waals surface area contributed by atoms with E-state index in [0.29, 0.717) is 6.61 Å². The van der Waals surface area contributed by atoms with E-state index >= 15 is 0 Å². The van der Waals surface area contributed by atoms with Crippen molar-refractivity contribution in [2.45, 2.75) is 70.2 Å². The third-order valence-corrected chi connectivity index (χ3v) is 5.25. The summed E-state index contributed by atoms with van der Waals surface area (Å²) in [5.74, 6) is 0. The highest BCUT2D eigenvalue weighted by atomic mass is 32.2. The molecule has 0 spiro atoms. The molecule has 0 amide bonds. The van der Waals surface area contributed by atoms with Gasteiger partial charge in [-0.15, -0.1) is 0 Å². The van der Waals surface area contributed by atoms with Crippen molar-refractivity contribution >= 4 is 10.0 Å². The van der Waals surface area contributed by atoms with E-state index < -0.39 is 10.0 Å². The van der Waals surface area contributed by atoms with Crippen LogP contribution < -0.4 is 4.72 Å². The van der Waals surface area contributed by atoms with Gasteiger partial charge in [-0.2, -0.15) is 5.10 Å². The van der Waals surface area contributed by atoms with Gasteiger partial charge in [0.1, 0.15) is 0 Å². The van der Waals surface area contributed by atoms with Gasteiger partial charge in [0.05, 0.1) is 24.7 Å². The molecule has 0 radical (unpaired) electrons. The Morgan fingerprint density at radius 3 is 2.77 bits per heavy atom. The summed E-state index contributed by atoms with van der Waals surface area (Å²) in [5.41, 5.74) is 2.35. The standard InChI is InChI=1S/C15H25N3O3S/c1-22(19,20)17-12-5-7-15(8-6-12)21-11-13-10-14-4-2-3-9-18(14)16-13/h10,12,15,17H,2-9,11H2,1H3. The Kier molecular flexibility index (Phi) is 4.84. The first-order chi connectivity index (χ1) is 10.5. The van der Waals surface area contributed by atoms with Crippen molar-refractivity contribution < 1.29 is 13.2 Å². The molecular formula is C15H25N3O3S. The van der Waals surface area contributed by atoms with Crippen LogP contribution in [0.25, 0.3) is 0 Å². The Morgan fingerprint density at radius 1 is 1.32 bits per heavy atom. The minimum Gasteiger partial charge on any atom is -0.372 e. The van der Waals surface area contributed by atoms with Crippen molar-refractivity contribution in [3.63, 3.8) is 0 Å². The molecule has 1 aliphatic heterocycles. The maximum Gasteiger partial charge on any atom is 0.208 e. The van der Waals surface area contributed by atoms with E-state index in [0.717, 1.165) is 44.3 Å². The molecule has 0 aromatic carbocycles. The predicted octanol–water partition coefficient (Wildman–Crippen LogP) is 1.60. The van der Waals surface area contributed by atoms with Crippen molar-refractivity contribution in [2.24, 2.45) is 0 Å². The molecule has 1 aliphatic carbocycles. The van der Waals surface area contributed by atoms with Crippen LogP contribution >= 0.6 is 0 Å². The van der Waals surface area contributed by atoms with Gasteiger partial charge < -0.3 is 4.74 Å². The van der Waals surface area contributed by atoms with Gasteiger partial charge >= 0.3 is 0 Å². The summed E-state index contributed by atoms with van der Waals surface area (Å²) in [4.78, 5) is 0. The van der Waals surface area contributed by atoms with Gasteiger partial charge in [-0.05, 0) is 51.0 Å². The minimum atomic E-state index is -3.10. The first-order valence-electron chi connectivity index (χ1n) is 8.14. The van der Waals surface area contributed by atoms with E-state index in [2.05, 4.69) is 20.6 Å². The maximum absolute atomic E-state index is 11.2. The van der Waals surface area contributed by atoms with Crippen LogP contribution in [0.3, 0.4) is 0 Å². The Morgan fingerprint density at radius 2 is 2.09 bits per heavy atom. The Bertz CT molecular complexity index is 580. The Hall–Kier alpha value is -0.920. The molecule has 0 bridgehead atoms. The number of nitrogens with zero attached hydrogens (tertiary/aromatic N) is 2. The molecule has 0 atom stereocenters. The van der Waals surface area contributed by atoms with Gasteiger partial charge in [0.15, 0.2) is 0 Å². The normalized spacial score (nSPS) is 25.9. The smallest absolute Gasteiger partial charge is 0.208 e. The molecule has 22 heavy (non-hydrogen) atoms. The fourth-order valence-corrected chi connectivity index (χ4v) is 4.24. The fourth-order valence-electron chi connectivity index (χ4n) is 3.40. The molecule has 1 aromatic rings. The van der Waals surface area contributed by atoms with E-state index in [1.165, 1.54) is 24.8 Å². The largest absolute Gasteiger partial charge is 0.372 e. The summed E-state index contributed by atoms with van der Waals surface area (Å²) in [6, 6.07) is 2.23. The lowest BCUT2D eigenvalue weighted by molar-refractivity contribution is 0.0110. The summed E-state index contributed by atoms with van der Waals surface area (Å²) >= 11 is 0. The number of sulfonamides is 1. The number of aryl methyl sites for hydroxylation is 2. The van der Waals surface area contributed by atoms with E-state index in [1.807, 2.05) is 0 Å². The van der Waals surface area contributed by atoms with Crippen LogP contribution in [0.15, 0.2) is 6.07 Å². The van der Waals surface area contributed by atoms with E-state index in [4.69, 9.17) is 4.74 Å². The lowest BCUT2D eigenvalue weighted by atomic mass is 9.94. The molecule has 1 N–H and O–H groups in total. The first kappa shape index (κ1) is 16.0. The number of fused-ring (bicyclic) bond motifs is 1. The molecule has 6 nitrogen and oxygen atoms in total. The maximum atomic E-state index is 11.2. The molecular weight excluding hydrogens is 302 g/mol. The summed E-state index contributed by atoms with van der Waals surface area (Å²) in [6.07, 6.45) is 8.52. The zero-order valence-corrected chi connectivity index (χ0v) is 13.9. The van der Waals surface area contributed by atoms with Crippen LogP contribution in [0.2, 0.25) is 0 Å². The number of nitrogens with one attached hydrogen (secondary N) is 1. The average molecular weight is 327 g/mol. The van der Waals surface area contributed by atoms with Gasteiger partial charge in [0.2, 0.25) is 10.0 Å². The van der Waals surface area contributed by atoms with Gasteiger partial charge in [-0.1, -0.05) is 0 Å². The van der Waals surface area contributed by atoms with Gasteiger partial charge in [0, 0.05) is 18.3 Å². The van der Waals surface area contributed by atoms with E-state index in [9.17, 15) is 8.42 Å². The van der Waals surface area contributed by atoms with Crippen molar-refractivity contribution in [3.8, 4) is 0 Å². The van der Waals surface area contributed by atoms with Crippen molar-refractivity contribution in [3.05, 3.63) is 17.5 Å². The number of aromatic nitrogens is 2. The molecule has 124 valence electrons. The third-order valence-electron chi connectivity index (χ3n) is 4.49. The van der Waals surface area contributed by atoms with Gasteiger partial charge in [0.25, 0.3) is 0 Å². The summed E-state index contributed by atoms with van der Waals surface area (Å²) in [7, 11) is -3.10. The first-order valence-corrected chi connectivity index (χ1v) is 10.0. The molecule has 3 rings (SSSR count). The molecule has 0 unspecified atom stereocenters. The number of rotatable bonds is 5. The van der Waals surface area contributed by atoms with Crippen LogP contribution in [-0.2, 0) is 34.3 Å². The van der Waals surface area contributed by atoms with Crippen LogP contribution in [-0.4, -0.2) is 36.6 Å². The van der Waals surface area contributed by atoms with Crippen LogP contribution in [0.5, 0.6) is 0 Å². The summed E-state index contributed by atoms with van der Waals surface area (Å²) in [5, 5.41) is 4.60. The lowest BCUT2D eigenvalue weighted by Crippen LogP contribution is -2.38. The number of ether oxygens (including phenoxy) is 1. The van der Waals surface area contributed by atoms with Crippen LogP contribution in [0, 0.1) is 0 Å². The van der Waals surface area contributed by atoms with Crippen molar-refractivity contribution in [1.29, 1.82) is 0 Å². The molecule has 1 saturated carbocycles. The highest BCUT2D eigenvalue weighted by Crippen LogP contribution is 2.23. The fraction of sp³-hybridized carbons (Fsp3) is 0.800. The minimum absolute atomic E-state index is 0.0646. The van der Waals surface area contributed by atoms with Crippen LogP contribution in [0.4, 0.5) is 0 Å². The number of hydrogen-bond donors (Lipinski definition) is 1. The van der Waals surface area contributed by atoms with Crippen molar-refractivity contribution in [1.82, 2.24) is 14.5 Å². The zero-order valence-electron chi connectivity index (χ0n) is 13.1. The predicted molar refractivity (Wildman–Crippen MR) is 84.0 cm³/mol. The zero-order chi connectivity index (χ0) is 15.6. The lowest BCUT2D eigenvalue weighted by Gasteiger charge is -2.28. The second-order valence-electron chi connectivity index (χ2n) is 6.48. The highest BCUT2D eigenvalue weighted by molar-refractivity contribution is 7.88. The topological polar surface area (TPSA) is 73.2 Å². The second kappa shape index (κ2) is 6.68. The Labute approximate surface area is 132 Å². The van der Waals surface area contributed by atoms with E-state index in [1.54, 1.807) is 0 Å². The van der Waals surface area contributed by atoms with Gasteiger partial charge in [-0.3, -0.25) is 4.68 Å². The molecule has 1 aromatic heterocycles. The molecule has 2 aliphatic rings. The molecule has 7 heteroatoms. The quantitative estimate of drug-likeness (QED) is 0.891. The van der Waals surface area contributed by atoms with Gasteiger partial charge in [-0.25, -0.2) is 13.1 Å². The summed E-state index contributed by atoms with van der Waals surface area (Å²) in [6.45, 7) is 1.59. The third kappa shape index (κ3) is 4.30. The van der Waals surface area contributed by atoms with E-state index in [-0.39, 0.29) is 12.1 Å². The highest BCUT2D eigenvalue weighted by Gasteiger charge is 2.24. The Balaban J connectivity index is 1.44. The van der Waals surface area contributed by atoms with Crippen molar-refractivity contribution in [2.75, 3.05) is 6.26 Å². The van der Waals surface area contributed by atoms with Crippen LogP contribution in [0.1, 0.15) is 49.9 Å². The molecule has 0 saturated heterocycles. The molecule has 2 heterocycles. The number of hydrogen-bond acceptors (Lipinski definition) is 4. The monoisotopic (exact) mass is 327 g/mol. The second-order valence-corrected chi connectivity index (χ2v) is 8.26. The average Bonchev–Trinajstić information content (AvgIpc) is 2.88. The summed E-state index contributed by atoms with van der Waals surface area (Å²) < 4.78 is 33.2. The molecule has 1 fully saturated rings. The SMILES string of the molecule is CS(=O)(=O)NC1CCC(OCc2cc3n(n2)CCCC3)CC1.